The Bertz CT molecular complexity index is 396. The first-order valence-electron chi connectivity index (χ1n) is 5.58. The number of carboxylic acid groups (broad SMARTS) is 1. The summed E-state index contributed by atoms with van der Waals surface area (Å²) in [4.78, 5) is 10.9. The highest BCUT2D eigenvalue weighted by molar-refractivity contribution is 5.94. The van der Waals surface area contributed by atoms with Gasteiger partial charge in [-0.3, -0.25) is 0 Å². The van der Waals surface area contributed by atoms with Crippen molar-refractivity contribution in [2.45, 2.75) is 0 Å². The molecule has 0 heterocycles. The summed E-state index contributed by atoms with van der Waals surface area (Å²) in [5, 5.41) is 12.0. The van der Waals surface area contributed by atoms with E-state index in [0.717, 1.165) is 0 Å². The summed E-state index contributed by atoms with van der Waals surface area (Å²) in [6, 6.07) is 4.81. The minimum atomic E-state index is -1.03. The summed E-state index contributed by atoms with van der Waals surface area (Å²) in [6.45, 7) is 2.22. The molecule has 6 nitrogen and oxygen atoms in total. The second-order valence-corrected chi connectivity index (χ2v) is 3.64. The van der Waals surface area contributed by atoms with Crippen molar-refractivity contribution < 1.29 is 19.4 Å². The fraction of sp³-hybridized carbons (Fsp3) is 0.417. The molecule has 1 rings (SSSR count). The molecule has 0 atom stereocenters. The summed E-state index contributed by atoms with van der Waals surface area (Å²) < 4.78 is 10.1. The van der Waals surface area contributed by atoms with Crippen molar-refractivity contribution in [1.29, 1.82) is 0 Å². The van der Waals surface area contributed by atoms with Gasteiger partial charge in [-0.15, -0.1) is 0 Å². The van der Waals surface area contributed by atoms with Crippen molar-refractivity contribution in [1.82, 2.24) is 0 Å². The van der Waals surface area contributed by atoms with Gasteiger partial charge in [0.1, 0.15) is 0 Å². The molecule has 0 amide bonds. The van der Waals surface area contributed by atoms with Crippen LogP contribution in [0.1, 0.15) is 10.4 Å². The van der Waals surface area contributed by atoms with E-state index >= 15 is 0 Å². The van der Waals surface area contributed by atoms with Crippen molar-refractivity contribution in [3.05, 3.63) is 23.8 Å². The Labute approximate surface area is 106 Å². The van der Waals surface area contributed by atoms with E-state index in [1.807, 2.05) is 0 Å². The van der Waals surface area contributed by atoms with E-state index in [1.165, 1.54) is 6.07 Å². The molecule has 0 aliphatic heterocycles. The minimum Gasteiger partial charge on any atom is -0.478 e. The van der Waals surface area contributed by atoms with E-state index in [9.17, 15) is 4.79 Å². The molecule has 0 fully saturated rings. The first-order valence-corrected chi connectivity index (χ1v) is 5.58. The van der Waals surface area contributed by atoms with Gasteiger partial charge in [-0.05, 0) is 18.2 Å². The molecular formula is C12H18N2O4. The van der Waals surface area contributed by atoms with Crippen LogP contribution in [0.4, 0.5) is 11.4 Å². The Morgan fingerprint density at radius 2 is 2.17 bits per heavy atom. The lowest BCUT2D eigenvalue weighted by atomic mass is 10.1. The van der Waals surface area contributed by atoms with E-state index in [1.54, 1.807) is 19.2 Å². The predicted octanol–water partition coefficient (Wildman–Crippen LogP) is 1.04. The molecule has 6 heteroatoms. The second kappa shape index (κ2) is 7.52. The number of hydrogen-bond donors (Lipinski definition) is 3. The van der Waals surface area contributed by atoms with E-state index < -0.39 is 5.97 Å². The number of methoxy groups -OCH3 is 1. The number of hydrogen-bond acceptors (Lipinski definition) is 5. The van der Waals surface area contributed by atoms with Gasteiger partial charge in [0, 0.05) is 25.0 Å². The molecule has 0 aliphatic carbocycles. The molecular weight excluding hydrogens is 236 g/mol. The Balaban J connectivity index is 2.38. The van der Waals surface area contributed by atoms with Gasteiger partial charge in [0.15, 0.2) is 0 Å². The largest absolute Gasteiger partial charge is 0.478 e. The van der Waals surface area contributed by atoms with Gasteiger partial charge in [-0.1, -0.05) is 0 Å². The second-order valence-electron chi connectivity index (χ2n) is 3.64. The summed E-state index contributed by atoms with van der Waals surface area (Å²) in [5.74, 6) is -1.03. The Kier molecular flexibility index (Phi) is 5.96. The Morgan fingerprint density at radius 3 is 2.83 bits per heavy atom. The lowest BCUT2D eigenvalue weighted by Gasteiger charge is -2.09. The summed E-state index contributed by atoms with van der Waals surface area (Å²) in [5.41, 5.74) is 6.61. The van der Waals surface area contributed by atoms with Gasteiger partial charge in [0.05, 0.1) is 25.4 Å². The zero-order valence-electron chi connectivity index (χ0n) is 10.3. The van der Waals surface area contributed by atoms with Gasteiger partial charge in [0.2, 0.25) is 0 Å². The number of nitrogens with one attached hydrogen (secondary N) is 1. The van der Waals surface area contributed by atoms with Crippen LogP contribution in [0.15, 0.2) is 18.2 Å². The molecule has 1 aromatic carbocycles. The maximum absolute atomic E-state index is 10.9. The SMILES string of the molecule is COCCOCCNc1ccc(N)c(C(=O)O)c1. The highest BCUT2D eigenvalue weighted by Crippen LogP contribution is 2.17. The van der Waals surface area contributed by atoms with Crippen LogP contribution in [0.2, 0.25) is 0 Å². The van der Waals surface area contributed by atoms with Gasteiger partial charge < -0.3 is 25.6 Å². The van der Waals surface area contributed by atoms with Crippen molar-refractivity contribution in [2.75, 3.05) is 44.5 Å². The molecule has 0 unspecified atom stereocenters. The fourth-order valence-electron chi connectivity index (χ4n) is 1.36. The predicted molar refractivity (Wildman–Crippen MR) is 69.0 cm³/mol. The highest BCUT2D eigenvalue weighted by Gasteiger charge is 2.08. The standard InChI is InChI=1S/C12H18N2O4/c1-17-6-7-18-5-4-14-9-2-3-11(13)10(8-9)12(15)16/h2-3,8,14H,4-7,13H2,1H3,(H,15,16). The molecule has 0 spiro atoms. The number of benzene rings is 1. The van der Waals surface area contributed by atoms with Gasteiger partial charge in [-0.2, -0.15) is 0 Å². The topological polar surface area (TPSA) is 93.8 Å². The van der Waals surface area contributed by atoms with Gasteiger partial charge in [0.25, 0.3) is 0 Å². The minimum absolute atomic E-state index is 0.0975. The van der Waals surface area contributed by atoms with Crippen molar-refractivity contribution >= 4 is 17.3 Å². The first kappa shape index (κ1) is 14.3. The molecule has 100 valence electrons. The maximum Gasteiger partial charge on any atom is 0.337 e. The lowest BCUT2D eigenvalue weighted by Crippen LogP contribution is -2.12. The zero-order chi connectivity index (χ0) is 13.4. The number of rotatable bonds is 8. The quantitative estimate of drug-likeness (QED) is 0.474. The molecule has 0 saturated heterocycles. The van der Waals surface area contributed by atoms with Crippen LogP contribution in [-0.2, 0) is 9.47 Å². The van der Waals surface area contributed by atoms with E-state index in [4.69, 9.17) is 20.3 Å². The smallest absolute Gasteiger partial charge is 0.337 e. The molecule has 1 aromatic rings. The molecule has 18 heavy (non-hydrogen) atoms. The molecule has 0 aromatic heterocycles. The third-order valence-electron chi connectivity index (χ3n) is 2.29. The molecule has 0 radical (unpaired) electrons. The van der Waals surface area contributed by atoms with Crippen LogP contribution in [0.25, 0.3) is 0 Å². The number of carbonyl (C=O) groups is 1. The Hall–Kier alpha value is -1.79. The van der Waals surface area contributed by atoms with Crippen LogP contribution in [0.5, 0.6) is 0 Å². The van der Waals surface area contributed by atoms with Crippen molar-refractivity contribution in [3.63, 3.8) is 0 Å². The molecule has 0 saturated carbocycles. The van der Waals surface area contributed by atoms with E-state index in [-0.39, 0.29) is 11.3 Å². The number of carboxylic acids is 1. The number of aromatic carboxylic acids is 1. The number of nitrogens with two attached hydrogens (primary N) is 1. The summed E-state index contributed by atoms with van der Waals surface area (Å²) in [7, 11) is 1.61. The third-order valence-corrected chi connectivity index (χ3v) is 2.29. The van der Waals surface area contributed by atoms with Gasteiger partial charge in [-0.25, -0.2) is 4.79 Å². The van der Waals surface area contributed by atoms with Crippen LogP contribution in [-0.4, -0.2) is 44.6 Å². The lowest BCUT2D eigenvalue weighted by molar-refractivity contribution is 0.0698. The Morgan fingerprint density at radius 1 is 1.39 bits per heavy atom. The molecule has 0 aliphatic rings. The monoisotopic (exact) mass is 254 g/mol. The highest BCUT2D eigenvalue weighted by atomic mass is 16.5. The van der Waals surface area contributed by atoms with Crippen LogP contribution in [0.3, 0.4) is 0 Å². The maximum atomic E-state index is 10.9. The van der Waals surface area contributed by atoms with Crippen LogP contribution < -0.4 is 11.1 Å². The van der Waals surface area contributed by atoms with Crippen LogP contribution in [0, 0.1) is 0 Å². The summed E-state index contributed by atoms with van der Waals surface area (Å²) in [6.07, 6.45) is 0. The number of nitrogen functional groups attached to an aromatic ring is 1. The molecule has 4 N–H and O–H groups in total. The van der Waals surface area contributed by atoms with Crippen molar-refractivity contribution in [2.24, 2.45) is 0 Å². The number of ether oxygens (including phenoxy) is 2. The van der Waals surface area contributed by atoms with Crippen LogP contribution >= 0.6 is 0 Å². The first-order chi connectivity index (χ1) is 8.65. The number of anilines is 2. The average molecular weight is 254 g/mol. The normalized spacial score (nSPS) is 10.3. The zero-order valence-corrected chi connectivity index (χ0v) is 10.3. The van der Waals surface area contributed by atoms with E-state index in [0.29, 0.717) is 32.1 Å². The van der Waals surface area contributed by atoms with Gasteiger partial charge >= 0.3 is 5.97 Å². The summed E-state index contributed by atoms with van der Waals surface area (Å²) >= 11 is 0. The fourth-order valence-corrected chi connectivity index (χ4v) is 1.36. The average Bonchev–Trinajstić information content (AvgIpc) is 2.35. The van der Waals surface area contributed by atoms with E-state index in [2.05, 4.69) is 5.32 Å². The molecule has 0 bridgehead atoms. The van der Waals surface area contributed by atoms with Crippen molar-refractivity contribution in [3.8, 4) is 0 Å². The third kappa shape index (κ3) is 4.60.